The summed E-state index contributed by atoms with van der Waals surface area (Å²) in [6, 6.07) is 12.4. The maximum atomic E-state index is 12.5. The molecular weight excluding hydrogens is 372 g/mol. The lowest BCUT2D eigenvalue weighted by molar-refractivity contribution is -0.121. The SMILES string of the molecule is CCCN1C(=O)COc2ccc(C(=O)COCC(=O)Nc3cccc(C)c3)cc21. The average molecular weight is 396 g/mol. The molecule has 1 heterocycles. The Labute approximate surface area is 169 Å². The summed E-state index contributed by atoms with van der Waals surface area (Å²) in [5.74, 6) is -0.159. The van der Waals surface area contributed by atoms with Gasteiger partial charge in [-0.3, -0.25) is 14.4 Å². The molecule has 0 aliphatic carbocycles. The number of aryl methyl sites for hydroxylation is 1. The van der Waals surface area contributed by atoms with Gasteiger partial charge in [-0.25, -0.2) is 0 Å². The molecule has 0 atom stereocenters. The number of amides is 2. The van der Waals surface area contributed by atoms with Crippen molar-refractivity contribution >= 4 is 29.0 Å². The van der Waals surface area contributed by atoms with Gasteiger partial charge in [-0.2, -0.15) is 0 Å². The number of hydrogen-bond donors (Lipinski definition) is 1. The lowest BCUT2D eigenvalue weighted by Gasteiger charge is -2.29. The fourth-order valence-electron chi connectivity index (χ4n) is 3.08. The van der Waals surface area contributed by atoms with Gasteiger partial charge in [0.1, 0.15) is 19.0 Å². The highest BCUT2D eigenvalue weighted by molar-refractivity contribution is 6.02. The third-order valence-corrected chi connectivity index (χ3v) is 4.44. The number of nitrogens with one attached hydrogen (secondary N) is 1. The van der Waals surface area contributed by atoms with Crippen molar-refractivity contribution in [3.8, 4) is 5.75 Å². The second kappa shape index (κ2) is 9.34. The van der Waals surface area contributed by atoms with Crippen molar-refractivity contribution in [3.05, 3.63) is 53.6 Å². The molecule has 2 amide bonds. The van der Waals surface area contributed by atoms with Crippen LogP contribution in [0.3, 0.4) is 0 Å². The van der Waals surface area contributed by atoms with Crippen LogP contribution in [0.25, 0.3) is 0 Å². The van der Waals surface area contributed by atoms with Crippen LogP contribution in [0, 0.1) is 6.92 Å². The van der Waals surface area contributed by atoms with E-state index < -0.39 is 0 Å². The smallest absolute Gasteiger partial charge is 0.265 e. The first kappa shape index (κ1) is 20.5. The van der Waals surface area contributed by atoms with Gasteiger partial charge in [-0.05, 0) is 49.2 Å². The first-order chi connectivity index (χ1) is 14.0. The molecule has 0 radical (unpaired) electrons. The third-order valence-electron chi connectivity index (χ3n) is 4.44. The van der Waals surface area contributed by atoms with Gasteiger partial charge in [0, 0.05) is 17.8 Å². The molecule has 7 nitrogen and oxygen atoms in total. The molecule has 1 N–H and O–H groups in total. The number of Topliss-reactive ketones (excluding diaryl/α,β-unsaturated/α-hetero) is 1. The summed E-state index contributed by atoms with van der Waals surface area (Å²) < 4.78 is 10.7. The average Bonchev–Trinajstić information content (AvgIpc) is 2.69. The number of anilines is 2. The van der Waals surface area contributed by atoms with Gasteiger partial charge in [-0.1, -0.05) is 19.1 Å². The number of hydrogen-bond acceptors (Lipinski definition) is 5. The highest BCUT2D eigenvalue weighted by atomic mass is 16.5. The maximum absolute atomic E-state index is 12.5. The Morgan fingerprint density at radius 1 is 1.17 bits per heavy atom. The van der Waals surface area contributed by atoms with E-state index in [0.29, 0.717) is 29.2 Å². The third kappa shape index (κ3) is 5.20. The minimum absolute atomic E-state index is 0.000541. The maximum Gasteiger partial charge on any atom is 0.265 e. The molecule has 0 saturated heterocycles. The largest absolute Gasteiger partial charge is 0.482 e. The van der Waals surface area contributed by atoms with E-state index in [1.54, 1.807) is 29.2 Å². The predicted octanol–water partition coefficient (Wildman–Crippen LogP) is 2.97. The number of fused-ring (bicyclic) bond motifs is 1. The molecule has 1 aliphatic rings. The van der Waals surface area contributed by atoms with E-state index >= 15 is 0 Å². The van der Waals surface area contributed by atoms with E-state index in [1.165, 1.54) is 0 Å². The molecule has 152 valence electrons. The quantitative estimate of drug-likeness (QED) is 0.694. The predicted molar refractivity (Wildman–Crippen MR) is 110 cm³/mol. The minimum atomic E-state index is -0.332. The van der Waals surface area contributed by atoms with E-state index in [0.717, 1.165) is 12.0 Å². The zero-order valence-corrected chi connectivity index (χ0v) is 16.6. The summed E-state index contributed by atoms with van der Waals surface area (Å²) in [6.45, 7) is 4.01. The van der Waals surface area contributed by atoms with Crippen molar-refractivity contribution in [3.63, 3.8) is 0 Å². The molecule has 3 rings (SSSR count). The van der Waals surface area contributed by atoms with Crippen LogP contribution in [0.5, 0.6) is 5.75 Å². The molecule has 1 aliphatic heterocycles. The van der Waals surface area contributed by atoms with Gasteiger partial charge in [0.05, 0.1) is 5.69 Å². The van der Waals surface area contributed by atoms with Crippen molar-refractivity contribution in [1.29, 1.82) is 0 Å². The normalized spacial score (nSPS) is 12.9. The zero-order chi connectivity index (χ0) is 20.8. The number of carbonyl (C=O) groups excluding carboxylic acids is 3. The van der Waals surface area contributed by atoms with Gasteiger partial charge in [0.25, 0.3) is 5.91 Å². The van der Waals surface area contributed by atoms with Gasteiger partial charge < -0.3 is 19.7 Å². The highest BCUT2D eigenvalue weighted by Crippen LogP contribution is 2.33. The van der Waals surface area contributed by atoms with Crippen LogP contribution in [0.1, 0.15) is 29.3 Å². The number of carbonyl (C=O) groups is 3. The van der Waals surface area contributed by atoms with Crippen LogP contribution >= 0.6 is 0 Å². The van der Waals surface area contributed by atoms with Gasteiger partial charge in [0.2, 0.25) is 5.91 Å². The number of ketones is 1. The van der Waals surface area contributed by atoms with E-state index in [4.69, 9.17) is 9.47 Å². The Hall–Kier alpha value is -3.19. The Morgan fingerprint density at radius 2 is 2.00 bits per heavy atom. The topological polar surface area (TPSA) is 84.9 Å². The Morgan fingerprint density at radius 3 is 2.76 bits per heavy atom. The molecule has 7 heteroatoms. The lowest BCUT2D eigenvalue weighted by atomic mass is 10.1. The monoisotopic (exact) mass is 396 g/mol. The number of rotatable bonds is 8. The van der Waals surface area contributed by atoms with Gasteiger partial charge in [-0.15, -0.1) is 0 Å². The molecule has 0 fully saturated rings. The van der Waals surface area contributed by atoms with Crippen molar-refractivity contribution in [2.75, 3.05) is 36.6 Å². The summed E-state index contributed by atoms with van der Waals surface area (Å²) in [7, 11) is 0. The molecule has 0 aromatic heterocycles. The fourth-order valence-corrected chi connectivity index (χ4v) is 3.08. The zero-order valence-electron chi connectivity index (χ0n) is 16.6. The first-order valence-corrected chi connectivity index (χ1v) is 9.52. The summed E-state index contributed by atoms with van der Waals surface area (Å²) >= 11 is 0. The lowest BCUT2D eigenvalue weighted by Crippen LogP contribution is -2.39. The summed E-state index contributed by atoms with van der Waals surface area (Å²) in [4.78, 5) is 38.2. The second-order valence-corrected chi connectivity index (χ2v) is 6.85. The standard InChI is InChI=1S/C22H24N2O5/c1-3-9-24-18-11-16(7-8-20(18)29-14-22(24)27)19(25)12-28-13-21(26)23-17-6-4-5-15(2)10-17/h4-8,10-11H,3,9,12-14H2,1-2H3,(H,23,26). The van der Waals surface area contributed by atoms with E-state index in [2.05, 4.69) is 5.32 Å². The van der Waals surface area contributed by atoms with Crippen molar-refractivity contribution in [2.45, 2.75) is 20.3 Å². The van der Waals surface area contributed by atoms with Crippen molar-refractivity contribution in [2.24, 2.45) is 0 Å². The molecule has 29 heavy (non-hydrogen) atoms. The molecule has 0 spiro atoms. The minimum Gasteiger partial charge on any atom is -0.482 e. The van der Waals surface area contributed by atoms with Crippen LogP contribution in [0.4, 0.5) is 11.4 Å². The summed E-state index contributed by atoms with van der Waals surface area (Å²) in [6.07, 6.45) is 0.794. The molecule has 2 aromatic carbocycles. The second-order valence-electron chi connectivity index (χ2n) is 6.85. The van der Waals surface area contributed by atoms with E-state index in [1.807, 2.05) is 32.0 Å². The van der Waals surface area contributed by atoms with Crippen molar-refractivity contribution in [1.82, 2.24) is 0 Å². The molecule has 0 unspecified atom stereocenters. The highest BCUT2D eigenvalue weighted by Gasteiger charge is 2.25. The Bertz CT molecular complexity index is 925. The summed E-state index contributed by atoms with van der Waals surface area (Å²) in [5.41, 5.74) is 2.71. The number of benzene rings is 2. The molecular formula is C22H24N2O5. The van der Waals surface area contributed by atoms with E-state index in [9.17, 15) is 14.4 Å². The van der Waals surface area contributed by atoms with Crippen molar-refractivity contribution < 1.29 is 23.9 Å². The molecule has 2 aromatic rings. The van der Waals surface area contributed by atoms with Gasteiger partial charge in [0.15, 0.2) is 12.4 Å². The molecule has 0 bridgehead atoms. The van der Waals surface area contributed by atoms with E-state index in [-0.39, 0.29) is 37.4 Å². The number of nitrogens with zero attached hydrogens (tertiary/aromatic N) is 1. The Balaban J connectivity index is 1.57. The summed E-state index contributed by atoms with van der Waals surface area (Å²) in [5, 5.41) is 2.73. The Kier molecular flexibility index (Phi) is 6.61. The van der Waals surface area contributed by atoms with Crippen LogP contribution in [-0.4, -0.2) is 44.0 Å². The fraction of sp³-hybridized carbons (Fsp3) is 0.318. The number of ether oxygens (including phenoxy) is 2. The first-order valence-electron chi connectivity index (χ1n) is 9.52. The van der Waals surface area contributed by atoms with Gasteiger partial charge >= 0.3 is 0 Å². The van der Waals surface area contributed by atoms with Crippen LogP contribution in [0.2, 0.25) is 0 Å². The van der Waals surface area contributed by atoms with Crippen LogP contribution < -0.4 is 15.0 Å². The van der Waals surface area contributed by atoms with Crippen LogP contribution in [-0.2, 0) is 14.3 Å². The van der Waals surface area contributed by atoms with Crippen LogP contribution in [0.15, 0.2) is 42.5 Å². The molecule has 0 saturated carbocycles.